The average Bonchev–Trinajstić information content (AvgIpc) is 1.62. The molecule has 9 aromatic rings. The van der Waals surface area contributed by atoms with Crippen LogP contribution in [0.15, 0.2) is 73.2 Å². The molecule has 0 amide bonds. The molecular weight excluding hydrogens is 1660 g/mol. The van der Waals surface area contributed by atoms with Crippen LogP contribution < -0.4 is 15.1 Å². The summed E-state index contributed by atoms with van der Waals surface area (Å²) in [4.78, 5) is 64.7. The third-order valence-electron chi connectivity index (χ3n) is 23.6. The number of carboxylic acid groups (broad SMARTS) is 1. The van der Waals surface area contributed by atoms with Crippen LogP contribution in [-0.4, -0.2) is 182 Å². The summed E-state index contributed by atoms with van der Waals surface area (Å²) in [7, 11) is 0. The number of nitrogens with zero attached hydrogens (tertiary/aromatic N) is 16. The third-order valence-corrected chi connectivity index (χ3v) is 25.3. The highest BCUT2D eigenvalue weighted by molar-refractivity contribution is 6.36. The van der Waals surface area contributed by atoms with Crippen LogP contribution >= 0.6 is 94.4 Å². The number of aliphatic hydroxyl groups is 1. The Morgan fingerprint density at radius 2 is 0.974 bits per heavy atom. The van der Waals surface area contributed by atoms with Crippen molar-refractivity contribution in [2.45, 2.75) is 204 Å². The fourth-order valence-electron chi connectivity index (χ4n) is 17.7. The van der Waals surface area contributed by atoms with E-state index >= 15 is 0 Å². The van der Waals surface area contributed by atoms with Crippen molar-refractivity contribution in [3.05, 3.63) is 143 Å². The van der Waals surface area contributed by atoms with Crippen molar-refractivity contribution in [3.8, 4) is 0 Å². The Bertz CT molecular complexity index is 4710. The van der Waals surface area contributed by atoms with Crippen molar-refractivity contribution in [1.82, 2.24) is 74.4 Å². The topological polar surface area (TPSA) is 247 Å². The molecule has 1 aliphatic carbocycles. The summed E-state index contributed by atoms with van der Waals surface area (Å²) in [5.74, 6) is 4.01. The summed E-state index contributed by atoms with van der Waals surface area (Å²) in [6.07, 6.45) is 15.6. The molecule has 5 aliphatic heterocycles. The number of alkyl halides is 3. The molecular formula is C83H114Cl8F3N17O5. The Balaban J connectivity index is 0.000000250. The molecule has 3 aromatic carbocycles. The number of carbonyl (C=O) groups is 1. The lowest BCUT2D eigenvalue weighted by molar-refractivity contribution is -0.193. The fourth-order valence-corrected chi connectivity index (χ4v) is 19.4. The molecule has 3 N–H and O–H groups in total. The number of aliphatic hydroxyl groups excluding tert-OH is 1. The van der Waals surface area contributed by atoms with Gasteiger partial charge in [0.2, 0.25) is 0 Å². The standard InChI is InChI=1S/C27H36Cl2N6.C25H32Cl2N6.C25H31Cl2N5O.C2HF3O2.CO2.3CH4.2ClH/c1-5-33-11-6-7-20(16-33)22-10-12-34(15-17(22)2)25-14-30-26-18(3)32-35(27(26)31-25)19(4)23-9-8-21(28)13-24(23)29;1-15-14-32(10-8-20(15)18-5-4-9-28-12-18)23-13-29-24-16(2)31-33(25(24)30-23)17(3)21-7-6-19(26)11-22(21)27;1-15-24-25(32(30-15)16(2)21-10-7-18(26)12-22(21)27)29-23(13-28-24)17-5-8-19(9-6-17)31-11-3-4-20(31)14-33;3-2(4,5)1(6)7;2-1-3;;;;;/h8-9,13-14,17,19-20,22H,5-7,10-12,15-16H2,1-4H3;6-7,11,13,15,17-18,20,28H,4-5,8-10,12,14H2,1-3H3;7,10,12-13,16-17,19-20,33H,3-6,8-9,11,14H2,1-2H3;(H,6,7);;3*1H4;2*1H/t17?,19-,20?,22?;15?,17-,18?,20?;16-,17?,19?,20+;;;;;;;/m111......./s1. The molecule has 6 fully saturated rings. The van der Waals surface area contributed by atoms with Gasteiger partial charge in [0.25, 0.3) is 0 Å². The molecule has 11 heterocycles. The zero-order valence-corrected chi connectivity index (χ0v) is 71.3. The van der Waals surface area contributed by atoms with E-state index in [1.165, 1.54) is 77.7 Å². The summed E-state index contributed by atoms with van der Waals surface area (Å²) >= 11 is 37.8. The number of carbonyl (C=O) groups excluding carboxylic acids is 2. The molecule has 6 aromatic heterocycles. The van der Waals surface area contributed by atoms with E-state index in [4.69, 9.17) is 134 Å². The number of hydrogen-bond acceptors (Lipinski definition) is 18. The van der Waals surface area contributed by atoms with E-state index < -0.39 is 12.1 Å². The van der Waals surface area contributed by atoms with Crippen molar-refractivity contribution >= 4 is 152 Å². The van der Waals surface area contributed by atoms with Gasteiger partial charge in [-0.25, -0.2) is 48.7 Å². The minimum absolute atomic E-state index is 0. The Kier molecular flexibility index (Phi) is 37.6. The first-order chi connectivity index (χ1) is 53.1. The maximum Gasteiger partial charge on any atom is 0.490 e. The molecule has 33 heteroatoms. The summed E-state index contributed by atoms with van der Waals surface area (Å²) in [5.41, 5.74) is 11.5. The molecule has 116 heavy (non-hydrogen) atoms. The fraction of sp³-hybridized carbons (Fsp3) is 0.578. The van der Waals surface area contributed by atoms with Gasteiger partial charge in [-0.05, 0) is 240 Å². The first-order valence-corrected chi connectivity index (χ1v) is 41.0. The molecule has 22 nitrogen and oxygen atoms in total. The van der Waals surface area contributed by atoms with Gasteiger partial charge in [0.15, 0.2) is 16.9 Å². The number of aromatic nitrogens is 12. The van der Waals surface area contributed by atoms with Crippen LogP contribution in [-0.2, 0) is 14.4 Å². The van der Waals surface area contributed by atoms with Gasteiger partial charge in [-0.3, -0.25) is 4.90 Å². The predicted octanol–water partition coefficient (Wildman–Crippen LogP) is 20.1. The van der Waals surface area contributed by atoms with E-state index in [0.29, 0.717) is 60.0 Å². The summed E-state index contributed by atoms with van der Waals surface area (Å²) < 4.78 is 37.6. The highest BCUT2D eigenvalue weighted by atomic mass is 35.5. The van der Waals surface area contributed by atoms with Gasteiger partial charge in [-0.15, -0.1) is 24.8 Å². The molecule has 1 saturated carbocycles. The van der Waals surface area contributed by atoms with Gasteiger partial charge < -0.3 is 30.2 Å². The highest BCUT2D eigenvalue weighted by Crippen LogP contribution is 2.42. The second kappa shape index (κ2) is 44.3. The second-order valence-electron chi connectivity index (χ2n) is 30.6. The van der Waals surface area contributed by atoms with E-state index in [0.717, 1.165) is 173 Å². The van der Waals surface area contributed by atoms with Crippen molar-refractivity contribution in [1.29, 1.82) is 0 Å². The number of nitrogens with one attached hydrogen (secondary N) is 1. The maximum atomic E-state index is 10.6. The van der Waals surface area contributed by atoms with Gasteiger partial charge in [-0.2, -0.15) is 38.1 Å². The second-order valence-corrected chi connectivity index (χ2v) is 33.2. The largest absolute Gasteiger partial charge is 0.490 e. The number of likely N-dealkylation sites (tertiary alicyclic amines) is 2. The lowest BCUT2D eigenvalue weighted by Gasteiger charge is -2.44. The number of halogens is 11. The summed E-state index contributed by atoms with van der Waals surface area (Å²) in [6, 6.07) is 17.5. The Morgan fingerprint density at radius 3 is 1.36 bits per heavy atom. The SMILES string of the molecule is C.C.C.CCN1CCCC(C2CCN(c3cnc4c(C)nn([C@H](C)c5ccc(Cl)cc5Cl)c4n3)CC2C)C1.Cc1nn([C@H](C)c2ccc(Cl)cc2Cl)c2nc(C3CCC(N4CCC[C@H]4CO)CC3)cnc12.Cc1nn([C@H](C)c2ccc(Cl)cc2Cl)c2nc(N3CCC(C4CCCNC4)C(C)C3)cnc12.Cl.Cl.O=C(O)C(F)(F)F.O=C=O. The monoisotopic (exact) mass is 1770 g/mol. The average molecular weight is 1770 g/mol. The lowest BCUT2D eigenvalue weighted by Crippen LogP contribution is -2.46. The van der Waals surface area contributed by atoms with E-state index in [1.807, 2.05) is 89.8 Å². The van der Waals surface area contributed by atoms with Gasteiger partial charge in [0, 0.05) is 87.1 Å². The van der Waals surface area contributed by atoms with E-state index in [9.17, 15) is 18.3 Å². The minimum Gasteiger partial charge on any atom is -0.475 e. The number of benzene rings is 3. The number of aliphatic carboxylic acids is 1. The van der Waals surface area contributed by atoms with Gasteiger partial charge in [0.05, 0.1) is 59.9 Å². The molecule has 0 bridgehead atoms. The molecule has 5 saturated heterocycles. The number of carboxylic acids is 1. The van der Waals surface area contributed by atoms with Gasteiger partial charge in [0.1, 0.15) is 28.2 Å². The van der Waals surface area contributed by atoms with Crippen LogP contribution in [0.1, 0.15) is 204 Å². The Labute approximate surface area is 722 Å². The zero-order valence-electron chi connectivity index (χ0n) is 65.1. The lowest BCUT2D eigenvalue weighted by atomic mass is 9.74. The van der Waals surface area contributed by atoms with E-state index in [1.54, 1.807) is 18.2 Å². The first kappa shape index (κ1) is 98.5. The predicted molar refractivity (Wildman–Crippen MR) is 466 cm³/mol. The van der Waals surface area contributed by atoms with Crippen molar-refractivity contribution in [3.63, 3.8) is 0 Å². The van der Waals surface area contributed by atoms with Crippen LogP contribution in [0.4, 0.5) is 24.8 Å². The molecule has 638 valence electrons. The maximum absolute atomic E-state index is 10.6. The third kappa shape index (κ3) is 23.2. The van der Waals surface area contributed by atoms with Crippen molar-refractivity contribution < 1.29 is 37.8 Å². The molecule has 6 aliphatic rings. The summed E-state index contributed by atoms with van der Waals surface area (Å²) in [6.45, 7) is 30.9. The molecule has 0 radical (unpaired) electrons. The van der Waals surface area contributed by atoms with Gasteiger partial charge >= 0.3 is 18.3 Å². The number of rotatable bonds is 14. The number of hydrogen-bond donors (Lipinski definition) is 3. The molecule has 15 rings (SSSR count). The first-order valence-electron chi connectivity index (χ1n) is 38.7. The van der Waals surface area contributed by atoms with Crippen LogP contribution in [0.3, 0.4) is 0 Å². The zero-order chi connectivity index (χ0) is 79.7. The van der Waals surface area contributed by atoms with E-state index in [2.05, 4.69) is 66.5 Å². The van der Waals surface area contributed by atoms with E-state index in [-0.39, 0.29) is 78.0 Å². The van der Waals surface area contributed by atoms with Crippen molar-refractivity contribution in [2.75, 3.05) is 81.9 Å². The minimum atomic E-state index is -5.08. The Hall–Kier alpha value is -6.29. The summed E-state index contributed by atoms with van der Waals surface area (Å²) in [5, 5.41) is 38.5. The molecule has 0 spiro atoms. The molecule has 6 unspecified atom stereocenters. The highest BCUT2D eigenvalue weighted by Gasteiger charge is 2.40. The number of anilines is 2. The molecule has 10 atom stereocenters. The number of piperidine rings is 4. The quantitative estimate of drug-likeness (QED) is 0.0915. The normalized spacial score (nSPS) is 22.4. The van der Waals surface area contributed by atoms with Crippen molar-refractivity contribution in [2.24, 2.45) is 35.5 Å². The smallest absolute Gasteiger partial charge is 0.475 e. The van der Waals surface area contributed by atoms with Crippen LogP contribution in [0.25, 0.3) is 33.5 Å². The number of aryl methyl sites for hydroxylation is 3. The number of fused-ring (bicyclic) bond motifs is 3. The van der Waals surface area contributed by atoms with Crippen LogP contribution in [0.2, 0.25) is 30.1 Å². The van der Waals surface area contributed by atoms with Crippen LogP contribution in [0.5, 0.6) is 0 Å². The Morgan fingerprint density at radius 1 is 0.569 bits per heavy atom. The van der Waals surface area contributed by atoms with Gasteiger partial charge in [-0.1, -0.05) is 131 Å². The van der Waals surface area contributed by atoms with Crippen LogP contribution in [0, 0.1) is 56.3 Å².